The monoisotopic (exact) mass is 328 g/mol. The van der Waals surface area contributed by atoms with Crippen LogP contribution in [0.15, 0.2) is 23.2 Å². The van der Waals surface area contributed by atoms with Gasteiger partial charge in [-0.15, -0.1) is 0 Å². The van der Waals surface area contributed by atoms with Crippen LogP contribution in [0, 0.1) is 28.7 Å². The summed E-state index contributed by atoms with van der Waals surface area (Å²) in [5.74, 6) is -2.46. The van der Waals surface area contributed by atoms with Gasteiger partial charge in [-0.2, -0.15) is 5.10 Å². The van der Waals surface area contributed by atoms with Crippen LogP contribution in [0.2, 0.25) is 0 Å². The van der Waals surface area contributed by atoms with Crippen LogP contribution in [0.4, 0.5) is 20.2 Å². The van der Waals surface area contributed by atoms with Gasteiger partial charge in [-0.3, -0.25) is 20.0 Å². The molecule has 1 heterocycles. The van der Waals surface area contributed by atoms with Crippen molar-refractivity contribution in [2.45, 2.75) is 11.9 Å². The largest absolute Gasteiger partial charge is 0.323 e. The molecule has 0 saturated carbocycles. The van der Waals surface area contributed by atoms with Crippen LogP contribution < -0.4 is 5.32 Å². The fraction of sp³-hybridized carbons (Fsp3) is 0.167. The molecule has 1 aromatic heterocycles. The van der Waals surface area contributed by atoms with Gasteiger partial charge in [0.05, 0.1) is 16.4 Å². The van der Waals surface area contributed by atoms with Gasteiger partial charge in [-0.25, -0.2) is 8.78 Å². The Morgan fingerprint density at radius 3 is 2.86 bits per heavy atom. The minimum atomic E-state index is -0.903. The van der Waals surface area contributed by atoms with Crippen molar-refractivity contribution in [3.8, 4) is 0 Å². The Kier molecular flexibility index (Phi) is 4.71. The van der Waals surface area contributed by atoms with E-state index in [0.29, 0.717) is 6.07 Å². The molecule has 2 rings (SSSR count). The predicted molar refractivity (Wildman–Crippen MR) is 75.7 cm³/mol. The quantitative estimate of drug-likeness (QED) is 0.499. The highest BCUT2D eigenvalue weighted by Crippen LogP contribution is 2.29. The molecule has 0 aliphatic heterocycles. The molecule has 2 N–H and O–H groups in total. The molecular weight excluding hydrogens is 318 g/mol. The van der Waals surface area contributed by atoms with Crippen molar-refractivity contribution in [1.29, 1.82) is 0 Å². The van der Waals surface area contributed by atoms with Crippen LogP contribution in [-0.4, -0.2) is 26.8 Å². The molecule has 1 amide bonds. The van der Waals surface area contributed by atoms with Crippen molar-refractivity contribution in [2.24, 2.45) is 0 Å². The molecule has 0 fully saturated rings. The third kappa shape index (κ3) is 3.58. The van der Waals surface area contributed by atoms with Gasteiger partial charge in [0.15, 0.2) is 5.03 Å². The number of H-pyrrole nitrogens is 1. The number of nitrogens with one attached hydrogen (secondary N) is 2. The molecule has 7 nitrogen and oxygen atoms in total. The number of halogens is 2. The minimum absolute atomic E-state index is 0.0669. The van der Waals surface area contributed by atoms with Gasteiger partial charge in [0.2, 0.25) is 5.91 Å². The number of aromatic amines is 1. The van der Waals surface area contributed by atoms with E-state index in [9.17, 15) is 23.7 Å². The fourth-order valence-electron chi connectivity index (χ4n) is 1.63. The van der Waals surface area contributed by atoms with Crippen LogP contribution in [0.25, 0.3) is 0 Å². The summed E-state index contributed by atoms with van der Waals surface area (Å²) in [6.07, 6.45) is 0. The van der Waals surface area contributed by atoms with Crippen LogP contribution in [0.3, 0.4) is 0 Å². The molecule has 10 heteroatoms. The molecule has 0 bridgehead atoms. The second kappa shape index (κ2) is 6.52. The number of aryl methyl sites for hydroxylation is 1. The van der Waals surface area contributed by atoms with Gasteiger partial charge in [0.25, 0.3) is 0 Å². The third-order valence-electron chi connectivity index (χ3n) is 2.61. The summed E-state index contributed by atoms with van der Waals surface area (Å²) >= 11 is 0.840. The number of hydrogen-bond donors (Lipinski definition) is 2. The number of amides is 1. The van der Waals surface area contributed by atoms with Crippen molar-refractivity contribution in [1.82, 2.24) is 10.2 Å². The number of nitro groups is 1. The molecule has 116 valence electrons. The maximum atomic E-state index is 13.4. The molecule has 0 aliphatic rings. The van der Waals surface area contributed by atoms with E-state index in [2.05, 4.69) is 15.5 Å². The molecule has 0 aliphatic carbocycles. The number of thioether (sulfide) groups is 1. The number of hydrogen-bond acceptors (Lipinski definition) is 5. The van der Waals surface area contributed by atoms with E-state index in [4.69, 9.17) is 0 Å². The summed E-state index contributed by atoms with van der Waals surface area (Å²) in [6.45, 7) is 1.49. The summed E-state index contributed by atoms with van der Waals surface area (Å²) < 4.78 is 26.1. The zero-order chi connectivity index (χ0) is 16.3. The standard InChI is InChI=1S/C12H10F2N4O3S/c1-6-11(18(20)21)12(17-16-6)22-5-10(19)15-9-3-2-7(13)4-8(9)14/h2-4H,5H2,1H3,(H,15,19)(H,16,17). The number of carbonyl (C=O) groups is 1. The molecule has 0 spiro atoms. The lowest BCUT2D eigenvalue weighted by molar-refractivity contribution is -0.388. The molecule has 2 aromatic rings. The SMILES string of the molecule is Cc1[nH]nc(SCC(=O)Nc2ccc(F)cc2F)c1[N+](=O)[O-]. The molecular formula is C12H10F2N4O3S. The molecule has 1 aromatic carbocycles. The Hall–Kier alpha value is -2.49. The Balaban J connectivity index is 2.00. The highest BCUT2D eigenvalue weighted by atomic mass is 32.2. The van der Waals surface area contributed by atoms with Gasteiger partial charge < -0.3 is 5.32 Å². The Morgan fingerprint density at radius 2 is 2.23 bits per heavy atom. The van der Waals surface area contributed by atoms with Crippen molar-refractivity contribution in [2.75, 3.05) is 11.1 Å². The van der Waals surface area contributed by atoms with Crippen molar-refractivity contribution >= 4 is 29.0 Å². The number of rotatable bonds is 5. The van der Waals surface area contributed by atoms with Crippen LogP contribution in [0.5, 0.6) is 0 Å². The van der Waals surface area contributed by atoms with Gasteiger partial charge >= 0.3 is 5.69 Å². The fourth-order valence-corrected chi connectivity index (χ4v) is 2.44. The first-order chi connectivity index (χ1) is 10.4. The number of aromatic nitrogens is 2. The van der Waals surface area contributed by atoms with Gasteiger partial charge in [0, 0.05) is 6.07 Å². The van der Waals surface area contributed by atoms with E-state index in [1.807, 2.05) is 0 Å². The van der Waals surface area contributed by atoms with Crippen molar-refractivity contribution < 1.29 is 18.5 Å². The lowest BCUT2D eigenvalue weighted by Crippen LogP contribution is -2.15. The zero-order valence-corrected chi connectivity index (χ0v) is 12.0. The highest BCUT2D eigenvalue weighted by molar-refractivity contribution is 8.00. The van der Waals surface area contributed by atoms with E-state index in [1.165, 1.54) is 6.92 Å². The molecule has 0 unspecified atom stereocenters. The summed E-state index contributed by atoms with van der Waals surface area (Å²) in [7, 11) is 0. The summed E-state index contributed by atoms with van der Waals surface area (Å²) in [5.41, 5.74) is -0.0945. The normalized spacial score (nSPS) is 10.5. The number of anilines is 1. The van der Waals surface area contributed by atoms with E-state index in [0.717, 1.165) is 23.9 Å². The predicted octanol–water partition coefficient (Wildman–Crippen LogP) is 2.64. The highest BCUT2D eigenvalue weighted by Gasteiger charge is 2.22. The first-order valence-electron chi connectivity index (χ1n) is 5.95. The van der Waals surface area contributed by atoms with Crippen LogP contribution >= 0.6 is 11.8 Å². The van der Waals surface area contributed by atoms with E-state index >= 15 is 0 Å². The average molecular weight is 328 g/mol. The van der Waals surface area contributed by atoms with Crippen LogP contribution in [-0.2, 0) is 4.79 Å². The first-order valence-corrected chi connectivity index (χ1v) is 6.94. The molecule has 0 radical (unpaired) electrons. The molecule has 0 saturated heterocycles. The van der Waals surface area contributed by atoms with E-state index in [-0.39, 0.29) is 27.8 Å². The Labute approximate surface area is 127 Å². The third-order valence-corrected chi connectivity index (χ3v) is 3.58. The molecule has 22 heavy (non-hydrogen) atoms. The lowest BCUT2D eigenvalue weighted by Gasteiger charge is -2.05. The zero-order valence-electron chi connectivity index (χ0n) is 11.2. The first kappa shape index (κ1) is 15.9. The lowest BCUT2D eigenvalue weighted by atomic mass is 10.3. The summed E-state index contributed by atoms with van der Waals surface area (Å²) in [5, 5.41) is 19.4. The second-order valence-electron chi connectivity index (χ2n) is 4.22. The van der Waals surface area contributed by atoms with Gasteiger partial charge in [-0.1, -0.05) is 11.8 Å². The summed E-state index contributed by atoms with van der Waals surface area (Å²) in [4.78, 5) is 22.0. The summed E-state index contributed by atoms with van der Waals surface area (Å²) in [6, 6.07) is 2.74. The topological polar surface area (TPSA) is 101 Å². The second-order valence-corrected chi connectivity index (χ2v) is 5.18. The van der Waals surface area contributed by atoms with Crippen molar-refractivity contribution in [3.05, 3.63) is 45.6 Å². The maximum Gasteiger partial charge on any atom is 0.323 e. The smallest absolute Gasteiger partial charge is 0.323 e. The number of benzene rings is 1. The maximum absolute atomic E-state index is 13.4. The average Bonchev–Trinajstić information content (AvgIpc) is 2.81. The number of carbonyl (C=O) groups excluding carboxylic acids is 1. The van der Waals surface area contributed by atoms with Crippen molar-refractivity contribution in [3.63, 3.8) is 0 Å². The van der Waals surface area contributed by atoms with Crippen LogP contribution in [0.1, 0.15) is 5.69 Å². The van der Waals surface area contributed by atoms with E-state index < -0.39 is 22.5 Å². The number of nitrogens with zero attached hydrogens (tertiary/aromatic N) is 2. The minimum Gasteiger partial charge on any atom is -0.323 e. The molecule has 0 atom stereocenters. The Morgan fingerprint density at radius 1 is 1.50 bits per heavy atom. The Bertz CT molecular complexity index is 735. The van der Waals surface area contributed by atoms with Gasteiger partial charge in [0.1, 0.15) is 17.3 Å². The van der Waals surface area contributed by atoms with Gasteiger partial charge in [-0.05, 0) is 19.1 Å². The van der Waals surface area contributed by atoms with E-state index in [1.54, 1.807) is 0 Å².